The third kappa shape index (κ3) is 1.69. The van der Waals surface area contributed by atoms with Gasteiger partial charge in [0.2, 0.25) is 0 Å². The molecule has 1 N–H and O–H groups in total. The van der Waals surface area contributed by atoms with Gasteiger partial charge in [0.05, 0.1) is 25.4 Å². The van der Waals surface area contributed by atoms with E-state index in [-0.39, 0.29) is 11.1 Å². The van der Waals surface area contributed by atoms with E-state index in [0.717, 1.165) is 0 Å². The van der Waals surface area contributed by atoms with Crippen LogP contribution in [0.3, 0.4) is 0 Å². The summed E-state index contributed by atoms with van der Waals surface area (Å²) in [6, 6.07) is 6.74. The zero-order valence-corrected chi connectivity index (χ0v) is 9.97. The van der Waals surface area contributed by atoms with Gasteiger partial charge in [0.1, 0.15) is 6.10 Å². The molecule has 2 rings (SSSR count). The Bertz CT molecular complexity index is 544. The molecule has 5 nitrogen and oxygen atoms in total. The van der Waals surface area contributed by atoms with E-state index in [2.05, 4.69) is 9.47 Å². The van der Waals surface area contributed by atoms with Crippen LogP contribution < -0.4 is 0 Å². The molecule has 1 aromatic rings. The minimum absolute atomic E-state index is 0.0625. The molecular weight excluding hydrogens is 236 g/mol. The monoisotopic (exact) mass is 248 g/mol. The summed E-state index contributed by atoms with van der Waals surface area (Å²) in [5, 5.41) is 10.1. The lowest BCUT2D eigenvalue weighted by atomic mass is 10.1. The van der Waals surface area contributed by atoms with Crippen LogP contribution in [0.2, 0.25) is 0 Å². The van der Waals surface area contributed by atoms with Crippen molar-refractivity contribution in [3.63, 3.8) is 0 Å². The van der Waals surface area contributed by atoms with Crippen molar-refractivity contribution in [2.45, 2.75) is 6.10 Å². The van der Waals surface area contributed by atoms with Crippen LogP contribution >= 0.6 is 0 Å². The van der Waals surface area contributed by atoms with Crippen LogP contribution in [0.1, 0.15) is 17.2 Å². The molecule has 1 atom stereocenters. The van der Waals surface area contributed by atoms with Gasteiger partial charge < -0.3 is 14.6 Å². The van der Waals surface area contributed by atoms with E-state index >= 15 is 0 Å². The number of esters is 2. The highest BCUT2D eigenvalue weighted by Gasteiger charge is 2.38. The Kier molecular flexibility index (Phi) is 3.16. The molecule has 18 heavy (non-hydrogen) atoms. The van der Waals surface area contributed by atoms with Crippen LogP contribution in [0.25, 0.3) is 5.57 Å². The number of ether oxygens (including phenoxy) is 2. The Hall–Kier alpha value is -2.14. The Morgan fingerprint density at radius 2 is 1.72 bits per heavy atom. The highest BCUT2D eigenvalue weighted by molar-refractivity contribution is 6.25. The lowest BCUT2D eigenvalue weighted by Crippen LogP contribution is -2.13. The maximum Gasteiger partial charge on any atom is 0.339 e. The second-order valence-corrected chi connectivity index (χ2v) is 3.76. The Labute approximate surface area is 104 Å². The number of aliphatic hydroxyl groups is 1. The minimum atomic E-state index is -1.16. The Morgan fingerprint density at radius 3 is 2.33 bits per heavy atom. The van der Waals surface area contributed by atoms with E-state index in [9.17, 15) is 14.7 Å². The van der Waals surface area contributed by atoms with Gasteiger partial charge in [0.15, 0.2) is 0 Å². The molecule has 0 aliphatic heterocycles. The second-order valence-electron chi connectivity index (χ2n) is 3.76. The molecule has 1 unspecified atom stereocenters. The Morgan fingerprint density at radius 1 is 1.11 bits per heavy atom. The highest BCUT2D eigenvalue weighted by Crippen LogP contribution is 2.41. The minimum Gasteiger partial charge on any atom is -0.466 e. The summed E-state index contributed by atoms with van der Waals surface area (Å²) in [4.78, 5) is 23.4. The SMILES string of the molecule is COC(=O)C1=C(C(=O)OC)C(O)c2ccccc21. The molecule has 1 aliphatic carbocycles. The van der Waals surface area contributed by atoms with Crippen molar-refractivity contribution in [2.75, 3.05) is 14.2 Å². The second kappa shape index (κ2) is 4.62. The first-order valence-corrected chi connectivity index (χ1v) is 5.30. The standard InChI is InChI=1S/C13H12O5/c1-17-12(15)9-7-5-3-4-6-8(7)11(14)10(9)13(16)18-2/h3-6,11,14H,1-2H3. The van der Waals surface area contributed by atoms with E-state index in [0.29, 0.717) is 11.1 Å². The topological polar surface area (TPSA) is 72.8 Å². The predicted octanol–water partition coefficient (Wildman–Crippen LogP) is 0.833. The first kappa shape index (κ1) is 12.3. The van der Waals surface area contributed by atoms with Crippen molar-refractivity contribution in [2.24, 2.45) is 0 Å². The van der Waals surface area contributed by atoms with Crippen LogP contribution in [-0.4, -0.2) is 31.3 Å². The van der Waals surface area contributed by atoms with Crippen LogP contribution in [-0.2, 0) is 19.1 Å². The van der Waals surface area contributed by atoms with Gasteiger partial charge in [0.25, 0.3) is 0 Å². The van der Waals surface area contributed by atoms with Crippen molar-refractivity contribution in [3.8, 4) is 0 Å². The fraction of sp³-hybridized carbons (Fsp3) is 0.231. The zero-order chi connectivity index (χ0) is 13.3. The van der Waals surface area contributed by atoms with Crippen LogP contribution in [0.5, 0.6) is 0 Å². The zero-order valence-electron chi connectivity index (χ0n) is 9.97. The molecule has 0 bridgehead atoms. The van der Waals surface area contributed by atoms with E-state index in [1.54, 1.807) is 24.3 Å². The summed E-state index contributed by atoms with van der Waals surface area (Å²) in [6.07, 6.45) is -1.16. The van der Waals surface area contributed by atoms with Gasteiger partial charge in [0, 0.05) is 0 Å². The number of rotatable bonds is 2. The van der Waals surface area contributed by atoms with Crippen molar-refractivity contribution in [1.29, 1.82) is 0 Å². The summed E-state index contributed by atoms with van der Waals surface area (Å²) in [6.45, 7) is 0. The van der Waals surface area contributed by atoms with Crippen LogP contribution in [0.4, 0.5) is 0 Å². The van der Waals surface area contributed by atoms with Gasteiger partial charge in [-0.1, -0.05) is 24.3 Å². The first-order valence-electron chi connectivity index (χ1n) is 5.30. The molecule has 94 valence electrons. The van der Waals surface area contributed by atoms with E-state index < -0.39 is 18.0 Å². The number of aliphatic hydroxyl groups excluding tert-OH is 1. The van der Waals surface area contributed by atoms with Crippen LogP contribution in [0, 0.1) is 0 Å². The van der Waals surface area contributed by atoms with Gasteiger partial charge in [-0.05, 0) is 11.1 Å². The normalized spacial score (nSPS) is 17.4. The summed E-state index contributed by atoms with van der Waals surface area (Å²) in [7, 11) is 2.41. The molecular formula is C13H12O5. The first-order chi connectivity index (χ1) is 8.61. The number of carbonyl (C=O) groups excluding carboxylic acids is 2. The summed E-state index contributed by atoms with van der Waals surface area (Å²) in [5.41, 5.74) is 0.980. The summed E-state index contributed by atoms with van der Waals surface area (Å²) >= 11 is 0. The lowest BCUT2D eigenvalue weighted by Gasteiger charge is -2.07. The van der Waals surface area contributed by atoms with Crippen molar-refractivity contribution >= 4 is 17.5 Å². The molecule has 0 fully saturated rings. The number of hydrogen-bond donors (Lipinski definition) is 1. The average Bonchev–Trinajstić information content (AvgIpc) is 2.71. The largest absolute Gasteiger partial charge is 0.466 e. The van der Waals surface area contributed by atoms with Crippen molar-refractivity contribution in [1.82, 2.24) is 0 Å². The predicted molar refractivity (Wildman–Crippen MR) is 62.4 cm³/mol. The maximum atomic E-state index is 11.8. The average molecular weight is 248 g/mol. The van der Waals surface area contributed by atoms with E-state index in [4.69, 9.17) is 0 Å². The molecule has 0 saturated carbocycles. The van der Waals surface area contributed by atoms with E-state index in [1.165, 1.54) is 14.2 Å². The number of benzene rings is 1. The fourth-order valence-corrected chi connectivity index (χ4v) is 2.05. The van der Waals surface area contributed by atoms with Gasteiger partial charge in [-0.25, -0.2) is 9.59 Å². The molecule has 1 aliphatic rings. The van der Waals surface area contributed by atoms with Crippen molar-refractivity contribution < 1.29 is 24.2 Å². The van der Waals surface area contributed by atoms with Gasteiger partial charge >= 0.3 is 11.9 Å². The maximum absolute atomic E-state index is 11.8. The van der Waals surface area contributed by atoms with E-state index in [1.807, 2.05) is 0 Å². The number of hydrogen-bond acceptors (Lipinski definition) is 5. The fourth-order valence-electron chi connectivity index (χ4n) is 2.05. The summed E-state index contributed by atoms with van der Waals surface area (Å²) in [5.74, 6) is -1.40. The number of carbonyl (C=O) groups is 2. The van der Waals surface area contributed by atoms with Crippen LogP contribution in [0.15, 0.2) is 29.8 Å². The summed E-state index contributed by atoms with van der Waals surface area (Å²) < 4.78 is 9.24. The molecule has 0 radical (unpaired) electrons. The van der Waals surface area contributed by atoms with Gasteiger partial charge in [-0.15, -0.1) is 0 Å². The van der Waals surface area contributed by atoms with Crippen molar-refractivity contribution in [3.05, 3.63) is 41.0 Å². The number of methoxy groups -OCH3 is 2. The highest BCUT2D eigenvalue weighted by atomic mass is 16.5. The quantitative estimate of drug-likeness (QED) is 0.785. The molecule has 0 aromatic heterocycles. The number of fused-ring (bicyclic) bond motifs is 1. The van der Waals surface area contributed by atoms with Gasteiger partial charge in [-0.3, -0.25) is 0 Å². The third-order valence-corrected chi connectivity index (χ3v) is 2.86. The molecule has 0 heterocycles. The molecule has 0 amide bonds. The lowest BCUT2D eigenvalue weighted by molar-refractivity contribution is -0.138. The molecule has 1 aromatic carbocycles. The third-order valence-electron chi connectivity index (χ3n) is 2.86. The molecule has 5 heteroatoms. The Balaban J connectivity index is 2.65. The molecule has 0 spiro atoms. The smallest absolute Gasteiger partial charge is 0.339 e. The molecule has 0 saturated heterocycles. The van der Waals surface area contributed by atoms with Gasteiger partial charge in [-0.2, -0.15) is 0 Å².